The quantitative estimate of drug-likeness (QED) is 0.687. The lowest BCUT2D eigenvalue weighted by Gasteiger charge is -2.33. The van der Waals surface area contributed by atoms with Gasteiger partial charge < -0.3 is 21.3 Å². The highest BCUT2D eigenvalue weighted by molar-refractivity contribution is 7.80. The third kappa shape index (κ3) is 2.43. The summed E-state index contributed by atoms with van der Waals surface area (Å²) in [5.41, 5.74) is 13.0. The van der Waals surface area contributed by atoms with Crippen LogP contribution in [0.3, 0.4) is 0 Å². The predicted octanol–water partition coefficient (Wildman–Crippen LogP) is 2.30. The van der Waals surface area contributed by atoms with E-state index in [4.69, 9.17) is 28.4 Å². The smallest absolute Gasteiger partial charge is 0.229 e. The molecule has 0 fully saturated rings. The Morgan fingerprint density at radius 3 is 2.22 bits per heavy atom. The van der Waals surface area contributed by atoms with Gasteiger partial charge in [-0.1, -0.05) is 54.7 Å². The molecule has 2 aromatic rings. The minimum Gasteiger partial charge on any atom is -0.508 e. The first-order valence-electron chi connectivity index (χ1n) is 8.09. The zero-order valence-electron chi connectivity index (χ0n) is 13.9. The number of carbonyl (C=O) groups excluding carboxylic acids is 2. The van der Waals surface area contributed by atoms with Crippen LogP contribution < -0.4 is 11.5 Å². The van der Waals surface area contributed by atoms with Crippen molar-refractivity contribution < 1.29 is 19.4 Å². The monoisotopic (exact) mass is 378 g/mol. The number of para-hydroxylation sites is 1. The van der Waals surface area contributed by atoms with E-state index in [1.807, 2.05) is 0 Å². The van der Waals surface area contributed by atoms with Gasteiger partial charge >= 0.3 is 0 Å². The van der Waals surface area contributed by atoms with E-state index in [1.165, 1.54) is 6.07 Å². The summed E-state index contributed by atoms with van der Waals surface area (Å²) in [5, 5.41) is 10.4. The summed E-state index contributed by atoms with van der Waals surface area (Å²) in [6.07, 6.45) is 0. The van der Waals surface area contributed by atoms with Gasteiger partial charge in [-0.25, -0.2) is 0 Å². The molecule has 0 aromatic heterocycles. The lowest BCUT2D eigenvalue weighted by Crippen LogP contribution is -2.35. The first-order valence-corrected chi connectivity index (χ1v) is 8.50. The molecule has 4 rings (SSSR count). The molecule has 0 saturated carbocycles. The lowest BCUT2D eigenvalue weighted by molar-refractivity contribution is 0.0897. The van der Waals surface area contributed by atoms with Crippen LogP contribution in [0.4, 0.5) is 0 Å². The zero-order valence-corrected chi connectivity index (χ0v) is 14.7. The molecule has 1 heterocycles. The van der Waals surface area contributed by atoms with Gasteiger partial charge in [-0.05, 0) is 6.07 Å². The number of benzene rings is 2. The SMILES string of the molecule is NC(=S)C1=C(N)OC2=C(C(=O)c3ccccc3C2=O)C1c1ccccc1O. The second-order valence-corrected chi connectivity index (χ2v) is 6.62. The van der Waals surface area contributed by atoms with Gasteiger partial charge in [0.2, 0.25) is 5.78 Å². The fraction of sp³-hybridized carbons (Fsp3) is 0.0500. The van der Waals surface area contributed by atoms with E-state index in [2.05, 4.69) is 0 Å². The highest BCUT2D eigenvalue weighted by Crippen LogP contribution is 2.46. The molecule has 134 valence electrons. The first-order chi connectivity index (χ1) is 12.9. The van der Waals surface area contributed by atoms with Crippen LogP contribution in [0.15, 0.2) is 71.3 Å². The molecule has 7 heteroatoms. The van der Waals surface area contributed by atoms with Crippen LogP contribution in [0.5, 0.6) is 5.75 Å². The van der Waals surface area contributed by atoms with Crippen LogP contribution >= 0.6 is 12.2 Å². The zero-order chi connectivity index (χ0) is 19.3. The van der Waals surface area contributed by atoms with Crippen molar-refractivity contribution in [2.45, 2.75) is 5.92 Å². The third-order valence-corrected chi connectivity index (χ3v) is 4.90. The van der Waals surface area contributed by atoms with Crippen molar-refractivity contribution >= 4 is 28.8 Å². The summed E-state index contributed by atoms with van der Waals surface area (Å²) in [7, 11) is 0. The first kappa shape index (κ1) is 17.0. The Kier molecular flexibility index (Phi) is 3.82. The van der Waals surface area contributed by atoms with E-state index >= 15 is 0 Å². The van der Waals surface area contributed by atoms with Crippen LogP contribution in [0.2, 0.25) is 0 Å². The van der Waals surface area contributed by atoms with Crippen molar-refractivity contribution in [1.29, 1.82) is 0 Å². The predicted molar refractivity (Wildman–Crippen MR) is 102 cm³/mol. The third-order valence-electron chi connectivity index (χ3n) is 4.68. The van der Waals surface area contributed by atoms with Gasteiger partial charge in [0.05, 0.1) is 17.1 Å². The maximum atomic E-state index is 13.2. The Balaban J connectivity index is 2.02. The number of carbonyl (C=O) groups is 2. The summed E-state index contributed by atoms with van der Waals surface area (Å²) in [4.78, 5) is 26.1. The molecule has 2 aromatic carbocycles. The average molecular weight is 378 g/mol. The summed E-state index contributed by atoms with van der Waals surface area (Å²) in [6.45, 7) is 0. The Morgan fingerprint density at radius 1 is 1.00 bits per heavy atom. The van der Waals surface area contributed by atoms with Crippen molar-refractivity contribution in [3.05, 3.63) is 88.0 Å². The van der Waals surface area contributed by atoms with Crippen LogP contribution in [0.25, 0.3) is 0 Å². The molecule has 0 spiro atoms. The van der Waals surface area contributed by atoms with Gasteiger partial charge in [0, 0.05) is 16.7 Å². The van der Waals surface area contributed by atoms with Crippen molar-refractivity contribution in [3.63, 3.8) is 0 Å². The van der Waals surface area contributed by atoms with Crippen LogP contribution in [-0.2, 0) is 4.74 Å². The number of hydrogen-bond acceptors (Lipinski definition) is 6. The van der Waals surface area contributed by atoms with E-state index in [9.17, 15) is 14.7 Å². The number of phenols is 1. The van der Waals surface area contributed by atoms with E-state index < -0.39 is 17.5 Å². The standard InChI is InChI=1S/C20H14N2O4S/c21-19-15(20(22)27)13(11-7-3-4-8-12(11)23)14-16(24)9-5-1-2-6-10(9)17(25)18(14)26-19/h1-8,13,23H,21H2,(H2,22,27). The van der Waals surface area contributed by atoms with E-state index in [0.717, 1.165) is 0 Å². The molecule has 0 radical (unpaired) electrons. The maximum Gasteiger partial charge on any atom is 0.229 e. The molecule has 1 aliphatic carbocycles. The molecule has 5 N–H and O–H groups in total. The van der Waals surface area contributed by atoms with Gasteiger partial charge in [0.1, 0.15) is 10.7 Å². The van der Waals surface area contributed by atoms with Crippen LogP contribution in [-0.4, -0.2) is 21.7 Å². The Morgan fingerprint density at radius 2 is 1.59 bits per heavy atom. The number of Topliss-reactive ketones (excluding diaryl/α,β-unsaturated/α-hetero) is 2. The van der Waals surface area contributed by atoms with Crippen molar-refractivity contribution in [1.82, 2.24) is 0 Å². The van der Waals surface area contributed by atoms with E-state index in [-0.39, 0.29) is 44.7 Å². The molecule has 1 atom stereocenters. The van der Waals surface area contributed by atoms with Gasteiger partial charge in [0.15, 0.2) is 17.4 Å². The number of nitrogens with two attached hydrogens (primary N) is 2. The summed E-state index contributed by atoms with van der Waals surface area (Å²) < 4.78 is 5.51. The van der Waals surface area contributed by atoms with Gasteiger partial charge in [-0.2, -0.15) is 0 Å². The van der Waals surface area contributed by atoms with Crippen molar-refractivity contribution in [3.8, 4) is 5.75 Å². The molecule has 1 aliphatic heterocycles. The largest absolute Gasteiger partial charge is 0.508 e. The highest BCUT2D eigenvalue weighted by Gasteiger charge is 2.44. The average Bonchev–Trinajstić information content (AvgIpc) is 2.65. The fourth-order valence-electron chi connectivity index (χ4n) is 3.49. The van der Waals surface area contributed by atoms with Crippen molar-refractivity contribution in [2.24, 2.45) is 11.5 Å². The Labute approximate surface area is 159 Å². The maximum absolute atomic E-state index is 13.2. The molecule has 27 heavy (non-hydrogen) atoms. The lowest BCUT2D eigenvalue weighted by atomic mass is 9.75. The van der Waals surface area contributed by atoms with E-state index in [0.29, 0.717) is 5.56 Å². The number of phenolic OH excluding ortho intramolecular Hbond substituents is 1. The Bertz CT molecular complexity index is 1100. The van der Waals surface area contributed by atoms with Gasteiger partial charge in [-0.3, -0.25) is 9.59 Å². The van der Waals surface area contributed by atoms with Crippen molar-refractivity contribution in [2.75, 3.05) is 0 Å². The van der Waals surface area contributed by atoms with Gasteiger partial charge in [0.25, 0.3) is 0 Å². The molecule has 1 unspecified atom stereocenters. The number of fused-ring (bicyclic) bond motifs is 1. The number of aromatic hydroxyl groups is 1. The minimum atomic E-state index is -0.905. The molecule has 6 nitrogen and oxygen atoms in total. The summed E-state index contributed by atoms with van der Waals surface area (Å²) >= 11 is 5.11. The molecule has 2 aliphatic rings. The molecule has 0 bridgehead atoms. The Hall–Kier alpha value is -3.45. The molecule has 0 amide bonds. The van der Waals surface area contributed by atoms with Gasteiger partial charge in [-0.15, -0.1) is 0 Å². The number of ketones is 2. The topological polar surface area (TPSA) is 116 Å². The number of allylic oxidation sites excluding steroid dienone is 2. The fourth-order valence-corrected chi connectivity index (χ4v) is 3.71. The molecular weight excluding hydrogens is 364 g/mol. The van der Waals surface area contributed by atoms with Crippen LogP contribution in [0, 0.1) is 0 Å². The second-order valence-electron chi connectivity index (χ2n) is 6.18. The normalized spacial score (nSPS) is 18.7. The molecule has 0 saturated heterocycles. The minimum absolute atomic E-state index is 0.0669. The number of hydrogen-bond donors (Lipinski definition) is 3. The second kappa shape index (κ2) is 6.07. The number of ether oxygens (including phenoxy) is 1. The number of rotatable bonds is 2. The van der Waals surface area contributed by atoms with Crippen LogP contribution in [0.1, 0.15) is 32.2 Å². The summed E-state index contributed by atoms with van der Waals surface area (Å²) in [5.74, 6) is -2.14. The highest BCUT2D eigenvalue weighted by atomic mass is 32.1. The van der Waals surface area contributed by atoms with E-state index in [1.54, 1.807) is 42.5 Å². The molecular formula is C20H14N2O4S. The summed E-state index contributed by atoms with van der Waals surface area (Å²) in [6, 6.07) is 12.9. The number of thiocarbonyl (C=S) groups is 1.